The van der Waals surface area contributed by atoms with Crippen LogP contribution in [0.1, 0.15) is 32.6 Å². The van der Waals surface area contributed by atoms with Gasteiger partial charge in [-0.2, -0.15) is 0 Å². The van der Waals surface area contributed by atoms with Crippen molar-refractivity contribution in [3.8, 4) is 0 Å². The van der Waals surface area contributed by atoms with Crippen LogP contribution in [0.15, 0.2) is 0 Å². The van der Waals surface area contributed by atoms with Crippen LogP contribution in [0, 0.1) is 0 Å². The molecule has 0 saturated carbocycles. The molecule has 1 aliphatic rings. The second-order valence-corrected chi connectivity index (χ2v) is 3.76. The van der Waals surface area contributed by atoms with Gasteiger partial charge in [-0.25, -0.2) is 0 Å². The highest BCUT2D eigenvalue weighted by Gasteiger charge is 2.27. The van der Waals surface area contributed by atoms with Crippen molar-refractivity contribution >= 4 is 5.91 Å². The third-order valence-corrected chi connectivity index (χ3v) is 2.60. The van der Waals surface area contributed by atoms with Crippen LogP contribution in [-0.2, 0) is 4.79 Å². The van der Waals surface area contributed by atoms with Crippen molar-refractivity contribution in [2.75, 3.05) is 20.1 Å². The molecule has 0 aromatic heterocycles. The molecule has 0 aromatic rings. The standard InChI is InChI=1S/C10H20N2O/c1-3-4-5-7-11-9-6-8-12(2)10(9)13/h9,11H,3-8H2,1-2H3. The lowest BCUT2D eigenvalue weighted by atomic mass is 10.2. The summed E-state index contributed by atoms with van der Waals surface area (Å²) < 4.78 is 0. The van der Waals surface area contributed by atoms with Crippen molar-refractivity contribution in [1.82, 2.24) is 10.2 Å². The third kappa shape index (κ3) is 2.99. The first kappa shape index (κ1) is 10.5. The van der Waals surface area contributed by atoms with Gasteiger partial charge in [-0.1, -0.05) is 19.8 Å². The zero-order valence-corrected chi connectivity index (χ0v) is 8.68. The second kappa shape index (κ2) is 5.22. The monoisotopic (exact) mass is 184 g/mol. The van der Waals surface area contributed by atoms with Gasteiger partial charge in [0.15, 0.2) is 0 Å². The Hall–Kier alpha value is -0.570. The summed E-state index contributed by atoms with van der Waals surface area (Å²) in [5.74, 6) is 0.261. The summed E-state index contributed by atoms with van der Waals surface area (Å²) in [6.45, 7) is 4.08. The highest BCUT2D eigenvalue weighted by molar-refractivity contribution is 5.83. The minimum Gasteiger partial charge on any atom is -0.344 e. The predicted octanol–water partition coefficient (Wildman–Crippen LogP) is 0.997. The smallest absolute Gasteiger partial charge is 0.239 e. The molecule has 13 heavy (non-hydrogen) atoms. The maximum atomic E-state index is 11.4. The van der Waals surface area contributed by atoms with Crippen LogP contribution in [-0.4, -0.2) is 37.0 Å². The van der Waals surface area contributed by atoms with E-state index in [0.717, 1.165) is 19.5 Å². The predicted molar refractivity (Wildman–Crippen MR) is 53.6 cm³/mol. The Morgan fingerprint density at radius 3 is 2.85 bits per heavy atom. The summed E-state index contributed by atoms with van der Waals surface area (Å²) >= 11 is 0. The van der Waals surface area contributed by atoms with E-state index in [1.165, 1.54) is 19.3 Å². The fourth-order valence-electron chi connectivity index (χ4n) is 1.66. The molecule has 1 amide bonds. The average Bonchev–Trinajstić information content (AvgIpc) is 2.43. The molecular formula is C10H20N2O. The SMILES string of the molecule is CCCCCNC1CCN(C)C1=O. The first-order valence-corrected chi connectivity index (χ1v) is 5.24. The van der Waals surface area contributed by atoms with Crippen LogP contribution in [0.25, 0.3) is 0 Å². The number of likely N-dealkylation sites (N-methyl/N-ethyl adjacent to an activating group) is 1. The molecule has 3 heteroatoms. The van der Waals surface area contributed by atoms with Gasteiger partial charge in [0.2, 0.25) is 5.91 Å². The largest absolute Gasteiger partial charge is 0.344 e. The maximum absolute atomic E-state index is 11.4. The second-order valence-electron chi connectivity index (χ2n) is 3.76. The van der Waals surface area contributed by atoms with E-state index in [1.807, 2.05) is 7.05 Å². The molecule has 1 heterocycles. The molecule has 1 fully saturated rings. The first-order chi connectivity index (χ1) is 6.25. The minimum atomic E-state index is 0.0989. The van der Waals surface area contributed by atoms with Crippen LogP contribution in [0.4, 0.5) is 0 Å². The van der Waals surface area contributed by atoms with E-state index in [1.54, 1.807) is 4.90 Å². The molecule has 0 aliphatic carbocycles. The quantitative estimate of drug-likeness (QED) is 0.646. The topological polar surface area (TPSA) is 32.3 Å². The molecule has 0 aromatic carbocycles. The van der Waals surface area contributed by atoms with Crippen molar-refractivity contribution in [2.24, 2.45) is 0 Å². The number of nitrogens with one attached hydrogen (secondary N) is 1. The van der Waals surface area contributed by atoms with E-state index in [-0.39, 0.29) is 11.9 Å². The van der Waals surface area contributed by atoms with Crippen molar-refractivity contribution < 1.29 is 4.79 Å². The van der Waals surface area contributed by atoms with Gasteiger partial charge < -0.3 is 10.2 Å². The van der Waals surface area contributed by atoms with Gasteiger partial charge in [0.1, 0.15) is 0 Å². The normalized spacial score (nSPS) is 22.8. The summed E-state index contributed by atoms with van der Waals surface area (Å²) in [4.78, 5) is 13.2. The number of hydrogen-bond acceptors (Lipinski definition) is 2. The van der Waals surface area contributed by atoms with Gasteiger partial charge in [0, 0.05) is 13.6 Å². The average molecular weight is 184 g/mol. The molecule has 1 unspecified atom stereocenters. The summed E-state index contributed by atoms with van der Waals surface area (Å²) in [6, 6.07) is 0.0989. The Labute approximate surface area is 80.5 Å². The molecule has 1 aliphatic heterocycles. The molecule has 0 bridgehead atoms. The van der Waals surface area contributed by atoms with Gasteiger partial charge in [0.05, 0.1) is 6.04 Å². The minimum absolute atomic E-state index is 0.0989. The number of likely N-dealkylation sites (tertiary alicyclic amines) is 1. The third-order valence-electron chi connectivity index (χ3n) is 2.60. The number of nitrogens with zero attached hydrogens (tertiary/aromatic N) is 1. The Bertz CT molecular complexity index is 170. The molecular weight excluding hydrogens is 164 g/mol. The fourth-order valence-corrected chi connectivity index (χ4v) is 1.66. The van der Waals surface area contributed by atoms with Gasteiger partial charge >= 0.3 is 0 Å². The molecule has 0 spiro atoms. The molecule has 1 rings (SSSR count). The van der Waals surface area contributed by atoms with E-state index in [0.29, 0.717) is 0 Å². The van der Waals surface area contributed by atoms with Crippen LogP contribution in [0.5, 0.6) is 0 Å². The molecule has 3 nitrogen and oxygen atoms in total. The summed E-state index contributed by atoms with van der Waals surface area (Å²) in [7, 11) is 1.87. The van der Waals surface area contributed by atoms with Gasteiger partial charge in [-0.3, -0.25) is 4.79 Å². The van der Waals surface area contributed by atoms with E-state index in [4.69, 9.17) is 0 Å². The number of hydrogen-bond donors (Lipinski definition) is 1. The molecule has 1 saturated heterocycles. The van der Waals surface area contributed by atoms with Crippen molar-refractivity contribution in [1.29, 1.82) is 0 Å². The van der Waals surface area contributed by atoms with Crippen LogP contribution >= 0.6 is 0 Å². The van der Waals surface area contributed by atoms with Gasteiger partial charge in [0.25, 0.3) is 0 Å². The lowest BCUT2D eigenvalue weighted by Crippen LogP contribution is -2.37. The fraction of sp³-hybridized carbons (Fsp3) is 0.900. The molecule has 76 valence electrons. The first-order valence-electron chi connectivity index (χ1n) is 5.24. The van der Waals surface area contributed by atoms with Gasteiger partial charge in [-0.05, 0) is 19.4 Å². The number of carbonyl (C=O) groups excluding carboxylic acids is 1. The number of carbonyl (C=O) groups is 1. The molecule has 1 N–H and O–H groups in total. The maximum Gasteiger partial charge on any atom is 0.239 e. The van der Waals surface area contributed by atoms with Gasteiger partial charge in [-0.15, -0.1) is 0 Å². The molecule has 1 atom stereocenters. The Balaban J connectivity index is 2.12. The highest BCUT2D eigenvalue weighted by atomic mass is 16.2. The number of amides is 1. The summed E-state index contributed by atoms with van der Waals surface area (Å²) in [5, 5.41) is 3.31. The zero-order chi connectivity index (χ0) is 9.68. The summed E-state index contributed by atoms with van der Waals surface area (Å²) in [5.41, 5.74) is 0. The summed E-state index contributed by atoms with van der Waals surface area (Å²) in [6.07, 6.45) is 4.65. The van der Waals surface area contributed by atoms with Crippen LogP contribution < -0.4 is 5.32 Å². The lowest BCUT2D eigenvalue weighted by molar-refractivity contribution is -0.128. The van der Waals surface area contributed by atoms with E-state index in [2.05, 4.69) is 12.2 Å². The highest BCUT2D eigenvalue weighted by Crippen LogP contribution is 2.08. The van der Waals surface area contributed by atoms with E-state index < -0.39 is 0 Å². The van der Waals surface area contributed by atoms with E-state index in [9.17, 15) is 4.79 Å². The van der Waals surface area contributed by atoms with Crippen molar-refractivity contribution in [3.05, 3.63) is 0 Å². The zero-order valence-electron chi connectivity index (χ0n) is 8.68. The van der Waals surface area contributed by atoms with E-state index >= 15 is 0 Å². The number of rotatable bonds is 5. The molecule has 0 radical (unpaired) electrons. The Kier molecular flexibility index (Phi) is 4.22. The van der Waals surface area contributed by atoms with Crippen molar-refractivity contribution in [3.63, 3.8) is 0 Å². The lowest BCUT2D eigenvalue weighted by Gasteiger charge is -2.11. The Morgan fingerprint density at radius 2 is 2.31 bits per heavy atom. The number of unbranched alkanes of at least 4 members (excludes halogenated alkanes) is 2. The van der Waals surface area contributed by atoms with Crippen molar-refractivity contribution in [2.45, 2.75) is 38.6 Å². The van der Waals surface area contributed by atoms with Crippen LogP contribution in [0.2, 0.25) is 0 Å². The van der Waals surface area contributed by atoms with Crippen LogP contribution in [0.3, 0.4) is 0 Å². The Morgan fingerprint density at radius 1 is 1.54 bits per heavy atom.